The SMILES string of the molecule is CCc1nc(-c2cccc(-c3noc(COc4ccccc4)n3)c2)cs1. The topological polar surface area (TPSA) is 61.0 Å². The van der Waals surface area contributed by atoms with E-state index in [1.807, 2.05) is 54.6 Å². The van der Waals surface area contributed by atoms with Crippen molar-refractivity contribution in [3.05, 3.63) is 70.9 Å². The number of ether oxygens (including phenoxy) is 1. The lowest BCUT2D eigenvalue weighted by atomic mass is 10.1. The van der Waals surface area contributed by atoms with E-state index >= 15 is 0 Å². The molecule has 5 nitrogen and oxygen atoms in total. The van der Waals surface area contributed by atoms with Gasteiger partial charge >= 0.3 is 0 Å². The Morgan fingerprint density at radius 2 is 1.85 bits per heavy atom. The molecule has 0 spiro atoms. The molecule has 4 aromatic rings. The zero-order valence-electron chi connectivity index (χ0n) is 14.3. The average Bonchev–Trinajstić information content (AvgIpc) is 3.37. The van der Waals surface area contributed by atoms with Crippen LogP contribution in [-0.4, -0.2) is 15.1 Å². The zero-order chi connectivity index (χ0) is 17.8. The van der Waals surface area contributed by atoms with E-state index in [0.29, 0.717) is 11.7 Å². The van der Waals surface area contributed by atoms with Crippen LogP contribution in [0.15, 0.2) is 64.5 Å². The van der Waals surface area contributed by atoms with E-state index in [9.17, 15) is 0 Å². The van der Waals surface area contributed by atoms with Crippen molar-refractivity contribution in [2.24, 2.45) is 0 Å². The van der Waals surface area contributed by atoms with Crippen molar-refractivity contribution in [1.82, 2.24) is 15.1 Å². The quantitative estimate of drug-likeness (QED) is 0.482. The van der Waals surface area contributed by atoms with Crippen LogP contribution in [0.25, 0.3) is 22.6 Å². The van der Waals surface area contributed by atoms with Gasteiger partial charge in [-0.3, -0.25) is 0 Å². The third-order valence-electron chi connectivity index (χ3n) is 3.84. The lowest BCUT2D eigenvalue weighted by molar-refractivity contribution is 0.243. The van der Waals surface area contributed by atoms with E-state index in [-0.39, 0.29) is 6.61 Å². The highest BCUT2D eigenvalue weighted by molar-refractivity contribution is 7.09. The summed E-state index contributed by atoms with van der Waals surface area (Å²) in [6.07, 6.45) is 0.944. The Balaban J connectivity index is 1.51. The second-order valence-corrected chi connectivity index (χ2v) is 6.62. The van der Waals surface area contributed by atoms with Gasteiger partial charge in [0.2, 0.25) is 5.82 Å². The third-order valence-corrected chi connectivity index (χ3v) is 4.84. The normalized spacial score (nSPS) is 10.8. The second-order valence-electron chi connectivity index (χ2n) is 5.67. The maximum Gasteiger partial charge on any atom is 0.264 e. The molecule has 0 saturated carbocycles. The van der Waals surface area contributed by atoms with Crippen LogP contribution >= 0.6 is 11.3 Å². The summed E-state index contributed by atoms with van der Waals surface area (Å²) in [6, 6.07) is 17.6. The predicted molar refractivity (Wildman–Crippen MR) is 101 cm³/mol. The van der Waals surface area contributed by atoms with Gasteiger partial charge in [0.25, 0.3) is 5.89 Å². The summed E-state index contributed by atoms with van der Waals surface area (Å²) in [7, 11) is 0. The average molecular weight is 363 g/mol. The first-order chi connectivity index (χ1) is 12.8. The molecule has 0 N–H and O–H groups in total. The van der Waals surface area contributed by atoms with E-state index in [0.717, 1.165) is 34.0 Å². The monoisotopic (exact) mass is 363 g/mol. The lowest BCUT2D eigenvalue weighted by Crippen LogP contribution is -1.95. The van der Waals surface area contributed by atoms with Crippen LogP contribution in [0, 0.1) is 0 Å². The van der Waals surface area contributed by atoms with Crippen LogP contribution in [0.4, 0.5) is 0 Å². The summed E-state index contributed by atoms with van der Waals surface area (Å²) < 4.78 is 11.0. The van der Waals surface area contributed by atoms with E-state index in [1.165, 1.54) is 0 Å². The fourth-order valence-corrected chi connectivity index (χ4v) is 3.27. The summed E-state index contributed by atoms with van der Waals surface area (Å²) in [4.78, 5) is 9.07. The van der Waals surface area contributed by atoms with Crippen LogP contribution in [0.3, 0.4) is 0 Å². The maximum atomic E-state index is 5.64. The van der Waals surface area contributed by atoms with E-state index < -0.39 is 0 Å². The molecule has 0 aliphatic carbocycles. The standard InChI is InChI=1S/C20H17N3O2S/c1-2-19-21-17(13-26-19)14-7-6-8-15(11-14)20-22-18(25-23-20)12-24-16-9-4-3-5-10-16/h3-11,13H,2,12H2,1H3. The molecular formula is C20H17N3O2S. The van der Waals surface area contributed by atoms with Crippen LogP contribution < -0.4 is 4.74 Å². The number of para-hydroxylation sites is 1. The largest absolute Gasteiger partial charge is 0.484 e. The van der Waals surface area contributed by atoms with Crippen molar-refractivity contribution in [3.63, 3.8) is 0 Å². The molecule has 2 aromatic heterocycles. The Bertz CT molecular complexity index is 995. The first-order valence-corrected chi connectivity index (χ1v) is 9.25. The van der Waals surface area contributed by atoms with Crippen molar-refractivity contribution in [2.45, 2.75) is 20.0 Å². The van der Waals surface area contributed by atoms with Gasteiger partial charge in [0.1, 0.15) is 5.75 Å². The number of aryl methyl sites for hydroxylation is 1. The first kappa shape index (κ1) is 16.5. The molecule has 0 atom stereocenters. The molecule has 0 aliphatic rings. The zero-order valence-corrected chi connectivity index (χ0v) is 15.1. The number of thiazole rings is 1. The molecule has 0 aliphatic heterocycles. The van der Waals surface area contributed by atoms with Crippen molar-refractivity contribution in [1.29, 1.82) is 0 Å². The minimum absolute atomic E-state index is 0.239. The Labute approximate surface area is 155 Å². The van der Waals surface area contributed by atoms with Gasteiger partial charge < -0.3 is 9.26 Å². The van der Waals surface area contributed by atoms with E-state index in [4.69, 9.17) is 9.26 Å². The molecule has 2 aromatic carbocycles. The van der Waals surface area contributed by atoms with Gasteiger partial charge in [-0.1, -0.05) is 48.5 Å². The van der Waals surface area contributed by atoms with Crippen LogP contribution in [0.5, 0.6) is 5.75 Å². The van der Waals surface area contributed by atoms with Gasteiger partial charge in [0.05, 0.1) is 10.7 Å². The molecule has 0 fully saturated rings. The van der Waals surface area contributed by atoms with Crippen molar-refractivity contribution >= 4 is 11.3 Å². The number of rotatable bonds is 6. The Morgan fingerprint density at radius 3 is 2.65 bits per heavy atom. The van der Waals surface area contributed by atoms with Crippen molar-refractivity contribution in [2.75, 3.05) is 0 Å². The Hall–Kier alpha value is -2.99. The lowest BCUT2D eigenvalue weighted by Gasteiger charge is -2.01. The van der Waals surface area contributed by atoms with Gasteiger partial charge in [0.15, 0.2) is 6.61 Å². The maximum absolute atomic E-state index is 5.64. The smallest absolute Gasteiger partial charge is 0.264 e. The summed E-state index contributed by atoms with van der Waals surface area (Å²) in [5.74, 6) is 1.75. The molecule has 0 radical (unpaired) electrons. The summed E-state index contributed by atoms with van der Waals surface area (Å²) in [5.41, 5.74) is 2.92. The number of benzene rings is 2. The summed E-state index contributed by atoms with van der Waals surface area (Å²) in [5, 5.41) is 7.28. The van der Waals surface area contributed by atoms with E-state index in [1.54, 1.807) is 11.3 Å². The number of hydrogen-bond acceptors (Lipinski definition) is 6. The highest BCUT2D eigenvalue weighted by atomic mass is 32.1. The highest BCUT2D eigenvalue weighted by Gasteiger charge is 2.11. The molecule has 0 saturated heterocycles. The van der Waals surface area contributed by atoms with Crippen molar-refractivity contribution in [3.8, 4) is 28.4 Å². The van der Waals surface area contributed by atoms with Crippen molar-refractivity contribution < 1.29 is 9.26 Å². The minimum atomic E-state index is 0.239. The molecule has 0 bridgehead atoms. The van der Waals surface area contributed by atoms with E-state index in [2.05, 4.69) is 27.4 Å². The van der Waals surface area contributed by atoms with Crippen LogP contribution in [0.2, 0.25) is 0 Å². The number of aromatic nitrogens is 3. The van der Waals surface area contributed by atoms with Gasteiger partial charge in [-0.25, -0.2) is 4.98 Å². The Morgan fingerprint density at radius 1 is 1.00 bits per heavy atom. The summed E-state index contributed by atoms with van der Waals surface area (Å²) >= 11 is 1.68. The Kier molecular flexibility index (Phi) is 4.75. The third kappa shape index (κ3) is 3.65. The molecule has 0 amide bonds. The molecule has 0 unspecified atom stereocenters. The molecule has 26 heavy (non-hydrogen) atoms. The minimum Gasteiger partial charge on any atom is -0.484 e. The molecule has 2 heterocycles. The molecule has 130 valence electrons. The van der Waals surface area contributed by atoms with Crippen LogP contribution in [-0.2, 0) is 13.0 Å². The molecular weight excluding hydrogens is 346 g/mol. The summed E-state index contributed by atoms with van der Waals surface area (Å²) in [6.45, 7) is 2.35. The predicted octanol–water partition coefficient (Wildman–Crippen LogP) is 5.00. The van der Waals surface area contributed by atoms with Crippen LogP contribution in [0.1, 0.15) is 17.8 Å². The fourth-order valence-electron chi connectivity index (χ4n) is 2.52. The molecule has 4 rings (SSSR count). The first-order valence-electron chi connectivity index (χ1n) is 8.37. The fraction of sp³-hybridized carbons (Fsp3) is 0.150. The highest BCUT2D eigenvalue weighted by Crippen LogP contribution is 2.26. The number of nitrogens with zero attached hydrogens (tertiary/aromatic N) is 3. The van der Waals surface area contributed by atoms with Gasteiger partial charge in [-0.15, -0.1) is 11.3 Å². The van der Waals surface area contributed by atoms with Gasteiger partial charge in [-0.05, 0) is 24.6 Å². The van der Waals surface area contributed by atoms with Gasteiger partial charge in [0, 0.05) is 16.5 Å². The second kappa shape index (κ2) is 7.49. The number of hydrogen-bond donors (Lipinski definition) is 0. The molecule has 6 heteroatoms. The van der Waals surface area contributed by atoms with Gasteiger partial charge in [-0.2, -0.15) is 4.98 Å².